The zero-order valence-electron chi connectivity index (χ0n) is 12.1. The predicted molar refractivity (Wildman–Crippen MR) is 77.4 cm³/mol. The molecule has 19 heavy (non-hydrogen) atoms. The number of nitro groups is 1. The average molecular weight is 265 g/mol. The molecule has 1 unspecified atom stereocenters. The molecule has 0 amide bonds. The van der Waals surface area contributed by atoms with Gasteiger partial charge in [-0.05, 0) is 31.7 Å². The summed E-state index contributed by atoms with van der Waals surface area (Å²) in [5, 5.41) is 14.0. The van der Waals surface area contributed by atoms with Crippen molar-refractivity contribution >= 4 is 11.5 Å². The fraction of sp³-hybridized carbons (Fsp3) is 0.643. The fourth-order valence-electron chi connectivity index (χ4n) is 1.95. The third-order valence-electron chi connectivity index (χ3n) is 3.08. The maximum Gasteiger partial charge on any atom is 0.287 e. The first-order valence-corrected chi connectivity index (χ1v) is 6.77. The summed E-state index contributed by atoms with van der Waals surface area (Å²) in [7, 11) is 0. The third kappa shape index (κ3) is 5.24. The topological polar surface area (TPSA) is 68.1 Å². The van der Waals surface area contributed by atoms with E-state index in [0.29, 0.717) is 6.04 Å². The summed E-state index contributed by atoms with van der Waals surface area (Å²) < 4.78 is 0. The first kappa shape index (κ1) is 15.4. The Morgan fingerprint density at radius 2 is 2.05 bits per heavy atom. The van der Waals surface area contributed by atoms with Crippen molar-refractivity contribution in [2.24, 2.45) is 5.92 Å². The van der Waals surface area contributed by atoms with Gasteiger partial charge in [-0.1, -0.05) is 26.7 Å². The standard InChI is InChI=1S/C14H23N3O2/c1-10(2)6-5-7-12(4)16-14-11(3)8-13(9-15-14)17(18)19/h8-10,12H,5-7H2,1-4H3,(H,15,16). The highest BCUT2D eigenvalue weighted by atomic mass is 16.6. The Bertz CT molecular complexity index is 433. The minimum Gasteiger partial charge on any atom is -0.367 e. The Morgan fingerprint density at radius 1 is 1.37 bits per heavy atom. The Hall–Kier alpha value is -1.65. The van der Waals surface area contributed by atoms with Crippen LogP contribution in [0.15, 0.2) is 12.3 Å². The molecule has 1 N–H and O–H groups in total. The molecule has 0 spiro atoms. The van der Waals surface area contributed by atoms with E-state index in [1.54, 1.807) is 6.07 Å². The molecule has 0 fully saturated rings. The van der Waals surface area contributed by atoms with Crippen molar-refractivity contribution in [1.29, 1.82) is 0 Å². The van der Waals surface area contributed by atoms with E-state index < -0.39 is 4.92 Å². The quantitative estimate of drug-likeness (QED) is 0.599. The van der Waals surface area contributed by atoms with Crippen LogP contribution in [0.4, 0.5) is 11.5 Å². The first-order valence-electron chi connectivity index (χ1n) is 6.77. The summed E-state index contributed by atoms with van der Waals surface area (Å²) in [6, 6.07) is 1.88. The number of hydrogen-bond acceptors (Lipinski definition) is 4. The van der Waals surface area contributed by atoms with Crippen molar-refractivity contribution in [3.8, 4) is 0 Å². The molecule has 1 atom stereocenters. The summed E-state index contributed by atoms with van der Waals surface area (Å²) in [6.07, 6.45) is 4.78. The lowest BCUT2D eigenvalue weighted by Gasteiger charge is -2.16. The van der Waals surface area contributed by atoms with Crippen LogP contribution in [0.1, 0.15) is 45.6 Å². The second kappa shape index (κ2) is 7.07. The van der Waals surface area contributed by atoms with E-state index in [4.69, 9.17) is 0 Å². The van der Waals surface area contributed by atoms with Crippen molar-refractivity contribution in [2.75, 3.05) is 5.32 Å². The van der Waals surface area contributed by atoms with Gasteiger partial charge in [0.2, 0.25) is 0 Å². The minimum absolute atomic E-state index is 0.0375. The zero-order chi connectivity index (χ0) is 14.4. The number of aromatic nitrogens is 1. The molecule has 0 radical (unpaired) electrons. The van der Waals surface area contributed by atoms with Gasteiger partial charge >= 0.3 is 0 Å². The van der Waals surface area contributed by atoms with Gasteiger partial charge in [-0.15, -0.1) is 0 Å². The number of rotatable bonds is 7. The van der Waals surface area contributed by atoms with Crippen LogP contribution in [0.25, 0.3) is 0 Å². The molecule has 0 aromatic carbocycles. The molecule has 106 valence electrons. The summed E-state index contributed by atoms with van der Waals surface area (Å²) in [5.74, 6) is 1.47. The Kier molecular flexibility index (Phi) is 5.73. The number of pyridine rings is 1. The van der Waals surface area contributed by atoms with E-state index in [9.17, 15) is 10.1 Å². The van der Waals surface area contributed by atoms with Gasteiger partial charge in [-0.2, -0.15) is 0 Å². The second-order valence-corrected chi connectivity index (χ2v) is 5.49. The van der Waals surface area contributed by atoms with Crippen LogP contribution in [0.5, 0.6) is 0 Å². The van der Waals surface area contributed by atoms with Crippen LogP contribution >= 0.6 is 0 Å². The van der Waals surface area contributed by atoms with E-state index in [1.165, 1.54) is 19.0 Å². The molecule has 5 nitrogen and oxygen atoms in total. The van der Waals surface area contributed by atoms with Crippen LogP contribution in [0.3, 0.4) is 0 Å². The van der Waals surface area contributed by atoms with Crippen molar-refractivity contribution in [1.82, 2.24) is 4.98 Å². The number of nitrogens with zero attached hydrogens (tertiary/aromatic N) is 2. The highest BCUT2D eigenvalue weighted by molar-refractivity contribution is 5.48. The molecule has 0 saturated carbocycles. The predicted octanol–water partition coefficient (Wildman–Crippen LogP) is 3.92. The van der Waals surface area contributed by atoms with Crippen molar-refractivity contribution in [3.63, 3.8) is 0 Å². The third-order valence-corrected chi connectivity index (χ3v) is 3.08. The van der Waals surface area contributed by atoms with Gasteiger partial charge in [0.15, 0.2) is 0 Å². The lowest BCUT2D eigenvalue weighted by Crippen LogP contribution is -2.17. The Balaban J connectivity index is 2.54. The van der Waals surface area contributed by atoms with Crippen molar-refractivity contribution in [3.05, 3.63) is 27.9 Å². The zero-order valence-corrected chi connectivity index (χ0v) is 12.1. The van der Waals surface area contributed by atoms with Gasteiger partial charge in [0.25, 0.3) is 5.69 Å². The van der Waals surface area contributed by atoms with Crippen molar-refractivity contribution < 1.29 is 4.92 Å². The number of hydrogen-bond donors (Lipinski definition) is 1. The molecule has 0 saturated heterocycles. The van der Waals surface area contributed by atoms with E-state index in [-0.39, 0.29) is 5.69 Å². The first-order chi connectivity index (χ1) is 8.90. The highest BCUT2D eigenvalue weighted by Crippen LogP contribution is 2.19. The van der Waals surface area contributed by atoms with E-state index in [0.717, 1.165) is 23.7 Å². The molecule has 0 aliphatic rings. The molecule has 0 bridgehead atoms. The molecule has 1 aromatic heterocycles. The molecule has 1 rings (SSSR count). The van der Waals surface area contributed by atoms with Crippen LogP contribution in [0.2, 0.25) is 0 Å². The van der Waals surface area contributed by atoms with Crippen LogP contribution < -0.4 is 5.32 Å². The molecular weight excluding hydrogens is 242 g/mol. The summed E-state index contributed by atoms with van der Waals surface area (Å²) in [6.45, 7) is 8.40. The molecular formula is C14H23N3O2. The molecule has 1 heterocycles. The van der Waals surface area contributed by atoms with Crippen molar-refractivity contribution in [2.45, 2.75) is 53.0 Å². The summed E-state index contributed by atoms with van der Waals surface area (Å²) >= 11 is 0. The van der Waals surface area contributed by atoms with Gasteiger partial charge in [0, 0.05) is 12.1 Å². The van der Waals surface area contributed by atoms with E-state index in [2.05, 4.69) is 31.1 Å². The summed E-state index contributed by atoms with van der Waals surface area (Å²) in [5.41, 5.74) is 0.848. The van der Waals surface area contributed by atoms with Crippen LogP contribution in [-0.2, 0) is 0 Å². The number of nitrogens with one attached hydrogen (secondary N) is 1. The fourth-order valence-corrected chi connectivity index (χ4v) is 1.95. The normalized spacial score (nSPS) is 12.5. The Labute approximate surface area is 114 Å². The maximum atomic E-state index is 10.6. The van der Waals surface area contributed by atoms with Crippen LogP contribution in [0, 0.1) is 23.0 Å². The smallest absolute Gasteiger partial charge is 0.287 e. The molecule has 1 aromatic rings. The van der Waals surface area contributed by atoms with Crippen LogP contribution in [-0.4, -0.2) is 15.9 Å². The molecule has 0 aliphatic heterocycles. The Morgan fingerprint density at radius 3 is 2.58 bits per heavy atom. The van der Waals surface area contributed by atoms with Gasteiger partial charge in [-0.25, -0.2) is 4.98 Å². The second-order valence-electron chi connectivity index (χ2n) is 5.49. The van der Waals surface area contributed by atoms with Gasteiger partial charge in [0.05, 0.1) is 4.92 Å². The maximum absolute atomic E-state index is 10.6. The average Bonchev–Trinajstić information content (AvgIpc) is 2.31. The van der Waals surface area contributed by atoms with Gasteiger partial charge < -0.3 is 5.32 Å². The van der Waals surface area contributed by atoms with E-state index in [1.807, 2.05) is 6.92 Å². The number of anilines is 1. The van der Waals surface area contributed by atoms with E-state index >= 15 is 0 Å². The highest BCUT2D eigenvalue weighted by Gasteiger charge is 2.11. The summed E-state index contributed by atoms with van der Waals surface area (Å²) in [4.78, 5) is 14.3. The number of aryl methyl sites for hydroxylation is 1. The monoisotopic (exact) mass is 265 g/mol. The SMILES string of the molecule is Cc1cc([N+](=O)[O-])cnc1NC(C)CCCC(C)C. The molecule has 0 aliphatic carbocycles. The minimum atomic E-state index is -0.421. The lowest BCUT2D eigenvalue weighted by molar-refractivity contribution is -0.385. The van der Waals surface area contributed by atoms with Gasteiger partial charge in [0.1, 0.15) is 12.0 Å². The lowest BCUT2D eigenvalue weighted by atomic mass is 10.0. The largest absolute Gasteiger partial charge is 0.367 e. The van der Waals surface area contributed by atoms with Gasteiger partial charge in [-0.3, -0.25) is 10.1 Å². The molecule has 5 heteroatoms.